The molecule has 0 bridgehead atoms. The number of nitrogens with one attached hydrogen (secondary N) is 2. The van der Waals surface area contributed by atoms with Crippen molar-refractivity contribution in [1.29, 1.82) is 0 Å². The predicted molar refractivity (Wildman–Crippen MR) is 88.3 cm³/mol. The quantitative estimate of drug-likeness (QED) is 0.567. The molecular formula is C13H27N3O2S2. The van der Waals surface area contributed by atoms with E-state index in [-0.39, 0.29) is 10.7 Å². The zero-order valence-electron chi connectivity index (χ0n) is 12.9. The van der Waals surface area contributed by atoms with Gasteiger partial charge in [0.25, 0.3) is 0 Å². The third-order valence-corrected chi connectivity index (χ3v) is 6.47. The molecule has 2 N–H and O–H groups in total. The molecule has 0 aromatic heterocycles. The summed E-state index contributed by atoms with van der Waals surface area (Å²) in [7, 11) is -2.80. The van der Waals surface area contributed by atoms with Crippen molar-refractivity contribution in [1.82, 2.24) is 10.6 Å². The van der Waals surface area contributed by atoms with Crippen LogP contribution in [-0.4, -0.2) is 56.5 Å². The van der Waals surface area contributed by atoms with Gasteiger partial charge in [0.15, 0.2) is 15.8 Å². The first-order valence-corrected chi connectivity index (χ1v) is 10.1. The van der Waals surface area contributed by atoms with Gasteiger partial charge in [-0.3, -0.25) is 4.99 Å². The molecule has 0 aromatic rings. The van der Waals surface area contributed by atoms with Crippen molar-refractivity contribution in [3.8, 4) is 0 Å². The van der Waals surface area contributed by atoms with E-state index in [1.54, 1.807) is 11.8 Å². The highest BCUT2D eigenvalue weighted by atomic mass is 32.2. The first kappa shape index (κ1) is 17.6. The number of hydrogen-bond donors (Lipinski definition) is 2. The Labute approximate surface area is 127 Å². The molecule has 0 radical (unpaired) electrons. The largest absolute Gasteiger partial charge is 0.357 e. The topological polar surface area (TPSA) is 70.6 Å². The van der Waals surface area contributed by atoms with Crippen molar-refractivity contribution in [3.05, 3.63) is 0 Å². The van der Waals surface area contributed by atoms with Crippen molar-refractivity contribution in [2.75, 3.05) is 37.4 Å². The zero-order valence-corrected chi connectivity index (χ0v) is 14.5. The molecule has 5 nitrogen and oxygen atoms in total. The van der Waals surface area contributed by atoms with Gasteiger partial charge in [-0.05, 0) is 39.4 Å². The summed E-state index contributed by atoms with van der Waals surface area (Å²) in [4.78, 5) is 4.58. The van der Waals surface area contributed by atoms with Gasteiger partial charge in [0.05, 0.1) is 18.1 Å². The Morgan fingerprint density at radius 2 is 2.10 bits per heavy atom. The monoisotopic (exact) mass is 321 g/mol. The second-order valence-electron chi connectivity index (χ2n) is 5.81. The highest BCUT2D eigenvalue weighted by Gasteiger charge is 2.27. The van der Waals surface area contributed by atoms with Crippen LogP contribution >= 0.6 is 11.8 Å². The predicted octanol–water partition coefficient (Wildman–Crippen LogP) is 1.12. The summed E-state index contributed by atoms with van der Waals surface area (Å²) < 4.78 is 23.0. The lowest BCUT2D eigenvalue weighted by Gasteiger charge is -2.21. The van der Waals surface area contributed by atoms with Crippen LogP contribution in [0.5, 0.6) is 0 Å². The van der Waals surface area contributed by atoms with Crippen LogP contribution in [0.3, 0.4) is 0 Å². The van der Waals surface area contributed by atoms with E-state index in [2.05, 4.69) is 35.7 Å². The van der Waals surface area contributed by atoms with Crippen LogP contribution in [0.1, 0.15) is 27.2 Å². The minimum atomic E-state index is -2.80. The molecule has 0 saturated carbocycles. The molecule has 0 spiro atoms. The van der Waals surface area contributed by atoms with Gasteiger partial charge in [0, 0.05) is 17.8 Å². The van der Waals surface area contributed by atoms with Crippen molar-refractivity contribution in [2.24, 2.45) is 10.9 Å². The molecule has 7 heteroatoms. The molecule has 1 atom stereocenters. The Kier molecular flexibility index (Phi) is 6.64. The summed E-state index contributed by atoms with van der Waals surface area (Å²) in [6.07, 6.45) is 2.84. The minimum Gasteiger partial charge on any atom is -0.357 e. The lowest BCUT2D eigenvalue weighted by molar-refractivity contribution is 0.566. The lowest BCUT2D eigenvalue weighted by Crippen LogP contribution is -2.41. The van der Waals surface area contributed by atoms with Gasteiger partial charge < -0.3 is 10.6 Å². The maximum absolute atomic E-state index is 11.4. The van der Waals surface area contributed by atoms with Crippen LogP contribution in [0.15, 0.2) is 4.99 Å². The van der Waals surface area contributed by atoms with E-state index in [1.165, 1.54) is 0 Å². The SMILES string of the molecule is CCNC(=NCC(C)(C)SC)NCC1CCS(=O)(=O)C1. The summed E-state index contributed by atoms with van der Waals surface area (Å²) in [5.41, 5.74) is 0. The number of thioether (sulfide) groups is 1. The third kappa shape index (κ3) is 6.35. The van der Waals surface area contributed by atoms with E-state index in [1.807, 2.05) is 6.92 Å². The molecule has 1 rings (SSSR count). The van der Waals surface area contributed by atoms with Crippen molar-refractivity contribution in [3.63, 3.8) is 0 Å². The fourth-order valence-corrected chi connectivity index (χ4v) is 4.01. The smallest absolute Gasteiger partial charge is 0.191 e. The van der Waals surface area contributed by atoms with Gasteiger partial charge in [-0.2, -0.15) is 11.8 Å². The first-order chi connectivity index (χ1) is 9.28. The van der Waals surface area contributed by atoms with Crippen LogP contribution in [0.2, 0.25) is 0 Å². The minimum absolute atomic E-state index is 0.110. The highest BCUT2D eigenvalue weighted by Crippen LogP contribution is 2.21. The normalized spacial score (nSPS) is 22.8. The molecule has 1 aliphatic heterocycles. The lowest BCUT2D eigenvalue weighted by atomic mass is 10.1. The summed E-state index contributed by atoms with van der Waals surface area (Å²) >= 11 is 1.79. The van der Waals surface area contributed by atoms with Gasteiger partial charge in [0.1, 0.15) is 0 Å². The molecule has 1 heterocycles. The molecule has 1 saturated heterocycles. The Morgan fingerprint density at radius 3 is 2.60 bits per heavy atom. The molecule has 0 aliphatic carbocycles. The van der Waals surface area contributed by atoms with Crippen LogP contribution in [0.4, 0.5) is 0 Å². The standard InChI is InChI=1S/C13H27N3O2S2/c1-5-14-12(16-10-13(2,3)19-4)15-8-11-6-7-20(17,18)9-11/h11H,5-10H2,1-4H3,(H2,14,15,16). The number of nitrogens with zero attached hydrogens (tertiary/aromatic N) is 1. The Morgan fingerprint density at radius 1 is 1.40 bits per heavy atom. The van der Waals surface area contributed by atoms with Gasteiger partial charge >= 0.3 is 0 Å². The van der Waals surface area contributed by atoms with E-state index >= 15 is 0 Å². The average molecular weight is 322 g/mol. The Balaban J connectivity index is 2.49. The van der Waals surface area contributed by atoms with Crippen molar-refractivity contribution >= 4 is 27.6 Å². The maximum Gasteiger partial charge on any atom is 0.191 e. The molecule has 0 aromatic carbocycles. The second kappa shape index (κ2) is 7.54. The van der Waals surface area contributed by atoms with Crippen LogP contribution < -0.4 is 10.6 Å². The van der Waals surface area contributed by atoms with Crippen molar-refractivity contribution in [2.45, 2.75) is 31.9 Å². The molecule has 1 unspecified atom stereocenters. The third-order valence-electron chi connectivity index (χ3n) is 3.40. The molecule has 20 heavy (non-hydrogen) atoms. The van der Waals surface area contributed by atoms with Gasteiger partial charge in [-0.1, -0.05) is 0 Å². The molecule has 118 valence electrons. The maximum atomic E-state index is 11.4. The molecular weight excluding hydrogens is 294 g/mol. The number of sulfone groups is 1. The molecule has 1 aliphatic rings. The Bertz CT molecular complexity index is 433. The second-order valence-corrected chi connectivity index (χ2v) is 9.55. The van der Waals surface area contributed by atoms with E-state index in [9.17, 15) is 8.42 Å². The van der Waals surface area contributed by atoms with Gasteiger partial charge in [-0.15, -0.1) is 0 Å². The van der Waals surface area contributed by atoms with Crippen molar-refractivity contribution < 1.29 is 8.42 Å². The van der Waals surface area contributed by atoms with Crippen LogP contribution in [0.25, 0.3) is 0 Å². The zero-order chi connectivity index (χ0) is 15.2. The number of aliphatic imine (C=N–C) groups is 1. The summed E-state index contributed by atoms with van der Waals surface area (Å²) in [6.45, 7) is 8.55. The average Bonchev–Trinajstić information content (AvgIpc) is 2.72. The number of hydrogen-bond acceptors (Lipinski definition) is 4. The number of rotatable bonds is 6. The molecule has 1 fully saturated rings. The summed E-state index contributed by atoms with van der Waals surface area (Å²) in [5.74, 6) is 1.61. The fraction of sp³-hybridized carbons (Fsp3) is 0.923. The van der Waals surface area contributed by atoms with E-state index < -0.39 is 9.84 Å². The first-order valence-electron chi connectivity index (χ1n) is 7.06. The van der Waals surface area contributed by atoms with E-state index in [0.717, 1.165) is 25.5 Å². The van der Waals surface area contributed by atoms with Crippen LogP contribution in [0, 0.1) is 5.92 Å². The van der Waals surface area contributed by atoms with Gasteiger partial charge in [0.2, 0.25) is 0 Å². The summed E-state index contributed by atoms with van der Waals surface area (Å²) in [6, 6.07) is 0. The molecule has 0 amide bonds. The highest BCUT2D eigenvalue weighted by molar-refractivity contribution is 7.99. The van der Waals surface area contributed by atoms with E-state index in [0.29, 0.717) is 18.1 Å². The summed E-state index contributed by atoms with van der Waals surface area (Å²) in [5, 5.41) is 6.47. The Hall–Kier alpha value is -0.430. The van der Waals surface area contributed by atoms with Crippen LogP contribution in [-0.2, 0) is 9.84 Å². The van der Waals surface area contributed by atoms with E-state index in [4.69, 9.17) is 0 Å². The number of guanidine groups is 1. The van der Waals surface area contributed by atoms with Gasteiger partial charge in [-0.25, -0.2) is 8.42 Å². The fourth-order valence-electron chi connectivity index (χ4n) is 1.95.